The molecule has 1 aromatic carbocycles. The molecule has 0 radical (unpaired) electrons. The van der Waals surface area contributed by atoms with Gasteiger partial charge in [0.1, 0.15) is 0 Å². The minimum absolute atomic E-state index is 0.0611. The van der Waals surface area contributed by atoms with Gasteiger partial charge in [-0.2, -0.15) is 4.31 Å². The Morgan fingerprint density at radius 3 is 2.35 bits per heavy atom. The minimum atomic E-state index is -3.69. The maximum Gasteiger partial charge on any atom is 0.248 e. The van der Waals surface area contributed by atoms with Crippen molar-refractivity contribution in [2.75, 3.05) is 27.2 Å². The molecular weight excluding hydrogens is 318 g/mol. The van der Waals surface area contributed by atoms with Gasteiger partial charge in [0.05, 0.1) is 10.8 Å². The molecule has 1 aliphatic rings. The van der Waals surface area contributed by atoms with Crippen molar-refractivity contribution < 1.29 is 18.0 Å². The van der Waals surface area contributed by atoms with Crippen LogP contribution in [0.25, 0.3) is 0 Å². The van der Waals surface area contributed by atoms with Gasteiger partial charge in [0.15, 0.2) is 0 Å². The Balaban J connectivity index is 2.21. The topological polar surface area (TPSA) is 101 Å². The second kappa shape index (κ2) is 6.67. The first-order chi connectivity index (χ1) is 10.7. The Kier molecular flexibility index (Phi) is 5.06. The zero-order chi connectivity index (χ0) is 17.2. The van der Waals surface area contributed by atoms with E-state index in [1.807, 2.05) is 0 Å². The summed E-state index contributed by atoms with van der Waals surface area (Å²) in [5, 5.41) is 0. The van der Waals surface area contributed by atoms with Crippen LogP contribution in [0.2, 0.25) is 0 Å². The summed E-state index contributed by atoms with van der Waals surface area (Å²) >= 11 is 0. The largest absolute Gasteiger partial charge is 0.366 e. The van der Waals surface area contributed by atoms with Crippen molar-refractivity contribution in [1.82, 2.24) is 9.21 Å². The zero-order valence-electron chi connectivity index (χ0n) is 13.2. The molecule has 0 bridgehead atoms. The SMILES string of the molecule is CN(C)C(=O)C1CCCN(S(=O)(=O)c2ccc(C(N)=O)cc2)C1. The molecule has 23 heavy (non-hydrogen) atoms. The molecule has 2 rings (SSSR count). The molecular formula is C15H21N3O4S. The van der Waals surface area contributed by atoms with E-state index in [1.165, 1.54) is 33.5 Å². The highest BCUT2D eigenvalue weighted by Gasteiger charge is 2.33. The number of nitrogens with zero attached hydrogens (tertiary/aromatic N) is 2. The molecule has 0 saturated carbocycles. The Morgan fingerprint density at radius 1 is 1.22 bits per heavy atom. The lowest BCUT2D eigenvalue weighted by Crippen LogP contribution is -2.45. The molecule has 0 aromatic heterocycles. The fourth-order valence-corrected chi connectivity index (χ4v) is 4.19. The molecule has 2 N–H and O–H groups in total. The van der Waals surface area contributed by atoms with Crippen LogP contribution in [0.1, 0.15) is 23.2 Å². The lowest BCUT2D eigenvalue weighted by molar-refractivity contribution is -0.134. The van der Waals surface area contributed by atoms with E-state index in [0.29, 0.717) is 19.4 Å². The fraction of sp³-hybridized carbons (Fsp3) is 0.467. The Bertz CT molecular complexity index is 698. The summed E-state index contributed by atoms with van der Waals surface area (Å²) < 4.78 is 26.7. The molecule has 1 heterocycles. The summed E-state index contributed by atoms with van der Waals surface area (Å²) in [5.41, 5.74) is 5.41. The summed E-state index contributed by atoms with van der Waals surface area (Å²) in [4.78, 5) is 24.7. The van der Waals surface area contributed by atoms with E-state index < -0.39 is 15.9 Å². The molecule has 1 saturated heterocycles. The Morgan fingerprint density at radius 2 is 1.83 bits per heavy atom. The molecule has 1 aliphatic heterocycles. The summed E-state index contributed by atoms with van der Waals surface area (Å²) in [5.74, 6) is -0.990. The van der Waals surface area contributed by atoms with Crippen molar-refractivity contribution in [1.29, 1.82) is 0 Å². The second-order valence-electron chi connectivity index (χ2n) is 5.82. The van der Waals surface area contributed by atoms with Crippen LogP contribution in [-0.4, -0.2) is 56.6 Å². The van der Waals surface area contributed by atoms with Gasteiger partial charge in [-0.15, -0.1) is 0 Å². The number of benzene rings is 1. The number of rotatable bonds is 4. The van der Waals surface area contributed by atoms with Crippen molar-refractivity contribution in [3.8, 4) is 0 Å². The maximum absolute atomic E-state index is 12.7. The molecule has 1 aromatic rings. The molecule has 126 valence electrons. The lowest BCUT2D eigenvalue weighted by Gasteiger charge is -2.32. The monoisotopic (exact) mass is 339 g/mol. The molecule has 2 amide bonds. The zero-order valence-corrected chi connectivity index (χ0v) is 14.0. The molecule has 8 heteroatoms. The van der Waals surface area contributed by atoms with Crippen LogP contribution in [0.15, 0.2) is 29.2 Å². The van der Waals surface area contributed by atoms with Crippen LogP contribution >= 0.6 is 0 Å². The quantitative estimate of drug-likeness (QED) is 0.851. The van der Waals surface area contributed by atoms with Crippen LogP contribution in [0.3, 0.4) is 0 Å². The van der Waals surface area contributed by atoms with Gasteiger partial charge in [0, 0.05) is 32.7 Å². The normalized spacial score (nSPS) is 19.3. The van der Waals surface area contributed by atoms with E-state index in [0.717, 1.165) is 0 Å². The third kappa shape index (κ3) is 3.70. The number of carbonyl (C=O) groups excluding carboxylic acids is 2. The summed E-state index contributed by atoms with van der Waals surface area (Å²) in [6.45, 7) is 0.564. The highest BCUT2D eigenvalue weighted by molar-refractivity contribution is 7.89. The number of hydrogen-bond acceptors (Lipinski definition) is 4. The van der Waals surface area contributed by atoms with Gasteiger partial charge in [-0.05, 0) is 37.1 Å². The Labute approximate surface area is 136 Å². The van der Waals surface area contributed by atoms with Gasteiger partial charge in [-0.1, -0.05) is 0 Å². The smallest absolute Gasteiger partial charge is 0.248 e. The number of carbonyl (C=O) groups is 2. The van der Waals surface area contributed by atoms with E-state index in [2.05, 4.69) is 0 Å². The first-order valence-electron chi connectivity index (χ1n) is 7.34. The average molecular weight is 339 g/mol. The lowest BCUT2D eigenvalue weighted by atomic mass is 9.98. The van der Waals surface area contributed by atoms with Crippen molar-refractivity contribution in [2.24, 2.45) is 11.7 Å². The predicted octanol–water partition coefficient (Wildman–Crippen LogP) is 0.274. The summed E-state index contributed by atoms with van der Waals surface area (Å²) in [6, 6.07) is 5.52. The van der Waals surface area contributed by atoms with E-state index in [1.54, 1.807) is 14.1 Å². The van der Waals surface area contributed by atoms with Gasteiger partial charge in [0.2, 0.25) is 21.8 Å². The molecule has 0 spiro atoms. The van der Waals surface area contributed by atoms with Crippen LogP contribution in [0.4, 0.5) is 0 Å². The van der Waals surface area contributed by atoms with Crippen LogP contribution in [-0.2, 0) is 14.8 Å². The molecule has 1 unspecified atom stereocenters. The third-order valence-electron chi connectivity index (χ3n) is 3.95. The van der Waals surface area contributed by atoms with E-state index >= 15 is 0 Å². The third-order valence-corrected chi connectivity index (χ3v) is 5.83. The standard InChI is InChI=1S/C15H21N3O4S/c1-17(2)15(20)12-4-3-9-18(10-12)23(21,22)13-7-5-11(6-8-13)14(16)19/h5-8,12H,3-4,9-10H2,1-2H3,(H2,16,19). The maximum atomic E-state index is 12.7. The molecule has 1 atom stereocenters. The number of sulfonamides is 1. The van der Waals surface area contributed by atoms with Crippen LogP contribution < -0.4 is 5.73 Å². The van der Waals surface area contributed by atoms with E-state index in [-0.39, 0.29) is 28.8 Å². The van der Waals surface area contributed by atoms with Crippen LogP contribution in [0, 0.1) is 5.92 Å². The number of piperidine rings is 1. The van der Waals surface area contributed by atoms with Gasteiger partial charge >= 0.3 is 0 Å². The van der Waals surface area contributed by atoms with Crippen molar-refractivity contribution >= 4 is 21.8 Å². The fourth-order valence-electron chi connectivity index (χ4n) is 2.67. The molecule has 1 fully saturated rings. The van der Waals surface area contributed by atoms with Gasteiger partial charge in [-0.3, -0.25) is 9.59 Å². The highest BCUT2D eigenvalue weighted by Crippen LogP contribution is 2.24. The van der Waals surface area contributed by atoms with E-state index in [9.17, 15) is 18.0 Å². The summed E-state index contributed by atoms with van der Waals surface area (Å²) in [7, 11) is -0.356. The van der Waals surface area contributed by atoms with Crippen LogP contribution in [0.5, 0.6) is 0 Å². The van der Waals surface area contributed by atoms with Crippen molar-refractivity contribution in [3.63, 3.8) is 0 Å². The minimum Gasteiger partial charge on any atom is -0.366 e. The van der Waals surface area contributed by atoms with Gasteiger partial charge in [0.25, 0.3) is 0 Å². The summed E-state index contributed by atoms with van der Waals surface area (Å²) in [6.07, 6.45) is 1.33. The number of hydrogen-bond donors (Lipinski definition) is 1. The molecule has 7 nitrogen and oxygen atoms in total. The van der Waals surface area contributed by atoms with Gasteiger partial charge in [-0.25, -0.2) is 8.42 Å². The highest BCUT2D eigenvalue weighted by atomic mass is 32.2. The van der Waals surface area contributed by atoms with Crippen molar-refractivity contribution in [2.45, 2.75) is 17.7 Å². The van der Waals surface area contributed by atoms with Crippen molar-refractivity contribution in [3.05, 3.63) is 29.8 Å². The average Bonchev–Trinajstić information content (AvgIpc) is 2.54. The Hall–Kier alpha value is -1.93. The van der Waals surface area contributed by atoms with E-state index in [4.69, 9.17) is 5.73 Å². The van der Waals surface area contributed by atoms with Gasteiger partial charge < -0.3 is 10.6 Å². The first kappa shape index (κ1) is 17.4. The number of amides is 2. The predicted molar refractivity (Wildman–Crippen MR) is 85.1 cm³/mol. The number of primary amides is 1. The second-order valence-corrected chi connectivity index (χ2v) is 7.76. The number of nitrogens with two attached hydrogens (primary N) is 1. The molecule has 0 aliphatic carbocycles. The first-order valence-corrected chi connectivity index (χ1v) is 8.78.